The lowest BCUT2D eigenvalue weighted by Crippen LogP contribution is -2.36. The van der Waals surface area contributed by atoms with Crippen LogP contribution in [0.3, 0.4) is 0 Å². The summed E-state index contributed by atoms with van der Waals surface area (Å²) in [6, 6.07) is 0. The fourth-order valence-corrected chi connectivity index (χ4v) is 1.08. The Morgan fingerprint density at radius 2 is 2.00 bits per heavy atom. The topological polar surface area (TPSA) is 12.0 Å². The van der Waals surface area contributed by atoms with Crippen molar-refractivity contribution in [3.05, 3.63) is 0 Å². The normalized spacial score (nSPS) is 20.3. The summed E-state index contributed by atoms with van der Waals surface area (Å²) in [6.07, 6.45) is -2.37. The van der Waals surface area contributed by atoms with E-state index in [0.717, 1.165) is 12.8 Å². The molecule has 0 aromatic heterocycles. The van der Waals surface area contributed by atoms with Gasteiger partial charge < -0.3 is 5.32 Å². The van der Waals surface area contributed by atoms with Gasteiger partial charge in [0.05, 0.1) is 4.99 Å². The zero-order valence-electron chi connectivity index (χ0n) is 6.66. The van der Waals surface area contributed by atoms with Crippen molar-refractivity contribution in [3.8, 4) is 0 Å². The third-order valence-corrected chi connectivity index (χ3v) is 2.63. The van der Waals surface area contributed by atoms with Crippen LogP contribution in [0.15, 0.2) is 0 Å². The maximum Gasteiger partial charge on any atom is 0.405 e. The van der Waals surface area contributed by atoms with Crippen LogP contribution >= 0.6 is 12.2 Å². The Labute approximate surface area is 74.3 Å². The first kappa shape index (κ1) is 9.77. The average molecular weight is 197 g/mol. The fourth-order valence-electron chi connectivity index (χ4n) is 0.808. The molecule has 1 nitrogen and oxygen atoms in total. The van der Waals surface area contributed by atoms with E-state index < -0.39 is 12.7 Å². The molecule has 0 bridgehead atoms. The second-order valence-corrected chi connectivity index (χ2v) is 3.77. The molecular weight excluding hydrogens is 187 g/mol. The van der Waals surface area contributed by atoms with Gasteiger partial charge in [-0.25, -0.2) is 0 Å². The third kappa shape index (κ3) is 2.62. The largest absolute Gasteiger partial charge is 0.405 e. The van der Waals surface area contributed by atoms with E-state index >= 15 is 0 Å². The summed E-state index contributed by atoms with van der Waals surface area (Å²) in [4.78, 5) is 0.347. The molecule has 0 atom stereocenters. The van der Waals surface area contributed by atoms with Gasteiger partial charge in [0.2, 0.25) is 0 Å². The maximum absolute atomic E-state index is 11.7. The molecule has 0 unspecified atom stereocenters. The number of hydrogen-bond donors (Lipinski definition) is 1. The molecule has 0 aliphatic heterocycles. The van der Waals surface area contributed by atoms with Gasteiger partial charge in [-0.1, -0.05) is 19.1 Å². The van der Waals surface area contributed by atoms with Gasteiger partial charge in [-0.15, -0.1) is 0 Å². The molecule has 12 heavy (non-hydrogen) atoms. The Hall–Kier alpha value is -0.320. The molecule has 0 radical (unpaired) electrons. The van der Waals surface area contributed by atoms with E-state index in [0.29, 0.717) is 4.99 Å². The predicted octanol–water partition coefficient (Wildman–Crippen LogP) is 2.27. The van der Waals surface area contributed by atoms with Crippen LogP contribution in [0, 0.1) is 5.41 Å². The quantitative estimate of drug-likeness (QED) is 0.681. The van der Waals surface area contributed by atoms with Gasteiger partial charge in [0, 0.05) is 5.41 Å². The number of rotatable bonds is 2. The summed E-state index contributed by atoms with van der Waals surface area (Å²) < 4.78 is 35.1. The van der Waals surface area contributed by atoms with E-state index in [2.05, 4.69) is 5.32 Å². The summed E-state index contributed by atoms with van der Waals surface area (Å²) in [5.74, 6) is 0. The highest BCUT2D eigenvalue weighted by molar-refractivity contribution is 7.80. The Morgan fingerprint density at radius 3 is 2.33 bits per heavy atom. The molecular formula is C7H10F3NS. The van der Waals surface area contributed by atoms with E-state index in [-0.39, 0.29) is 5.41 Å². The monoisotopic (exact) mass is 197 g/mol. The predicted molar refractivity (Wildman–Crippen MR) is 44.0 cm³/mol. The first-order valence-electron chi connectivity index (χ1n) is 3.69. The number of nitrogens with one attached hydrogen (secondary N) is 1. The maximum atomic E-state index is 11.7. The molecule has 0 aromatic carbocycles. The third-order valence-electron chi connectivity index (χ3n) is 2.00. The first-order valence-corrected chi connectivity index (χ1v) is 4.09. The SMILES string of the molecule is CC1(C(=S)NCC(F)(F)F)CC1. The standard InChI is InChI=1S/C7H10F3NS/c1-6(2-3-6)5(12)11-4-7(8,9)10/h2-4H2,1H3,(H,11,12). The van der Waals surface area contributed by atoms with Crippen LogP contribution in [-0.2, 0) is 0 Å². The molecule has 1 saturated carbocycles. The number of halogens is 3. The van der Waals surface area contributed by atoms with E-state index in [1.165, 1.54) is 0 Å². The highest BCUT2D eigenvalue weighted by atomic mass is 32.1. The van der Waals surface area contributed by atoms with Crippen molar-refractivity contribution < 1.29 is 13.2 Å². The molecule has 0 spiro atoms. The van der Waals surface area contributed by atoms with Crippen molar-refractivity contribution in [3.63, 3.8) is 0 Å². The summed E-state index contributed by atoms with van der Waals surface area (Å²) in [7, 11) is 0. The summed E-state index contributed by atoms with van der Waals surface area (Å²) >= 11 is 4.81. The lowest BCUT2D eigenvalue weighted by molar-refractivity contribution is -0.122. The van der Waals surface area contributed by atoms with Gasteiger partial charge in [0.15, 0.2) is 0 Å². The summed E-state index contributed by atoms with van der Waals surface area (Å²) in [6.45, 7) is 0.861. The van der Waals surface area contributed by atoms with Crippen LogP contribution in [0.1, 0.15) is 19.8 Å². The van der Waals surface area contributed by atoms with E-state index in [1.54, 1.807) is 0 Å². The van der Waals surface area contributed by atoms with Gasteiger partial charge in [-0.3, -0.25) is 0 Å². The Morgan fingerprint density at radius 1 is 1.50 bits per heavy atom. The minimum absolute atomic E-state index is 0.152. The van der Waals surface area contributed by atoms with Crippen LogP contribution in [0.25, 0.3) is 0 Å². The molecule has 1 N–H and O–H groups in total. The second kappa shape index (κ2) is 2.87. The first-order chi connectivity index (χ1) is 5.33. The molecule has 0 heterocycles. The lowest BCUT2D eigenvalue weighted by atomic mass is 10.1. The van der Waals surface area contributed by atoms with Crippen LogP contribution in [0.4, 0.5) is 13.2 Å². The number of hydrogen-bond acceptors (Lipinski definition) is 1. The zero-order chi connectivity index (χ0) is 9.41. The molecule has 0 amide bonds. The van der Waals surface area contributed by atoms with E-state index in [9.17, 15) is 13.2 Å². The molecule has 0 aromatic rings. The van der Waals surface area contributed by atoms with Gasteiger partial charge in [-0.05, 0) is 12.8 Å². The van der Waals surface area contributed by atoms with Crippen LogP contribution in [-0.4, -0.2) is 17.7 Å². The van der Waals surface area contributed by atoms with Gasteiger partial charge in [0.25, 0.3) is 0 Å². The number of thiocarbonyl (C=S) groups is 1. The lowest BCUT2D eigenvalue weighted by Gasteiger charge is -2.14. The Bertz CT molecular complexity index is 195. The van der Waals surface area contributed by atoms with Crippen molar-refractivity contribution in [1.29, 1.82) is 0 Å². The zero-order valence-corrected chi connectivity index (χ0v) is 7.48. The molecule has 1 aliphatic rings. The average Bonchev–Trinajstić information content (AvgIpc) is 2.62. The molecule has 70 valence electrons. The van der Waals surface area contributed by atoms with Crippen molar-refractivity contribution in [1.82, 2.24) is 5.32 Å². The van der Waals surface area contributed by atoms with Crippen molar-refractivity contribution in [2.24, 2.45) is 5.41 Å². The highest BCUT2D eigenvalue weighted by Crippen LogP contribution is 2.45. The van der Waals surface area contributed by atoms with Gasteiger partial charge in [0.1, 0.15) is 6.54 Å². The van der Waals surface area contributed by atoms with Gasteiger partial charge >= 0.3 is 6.18 Å². The Balaban J connectivity index is 2.29. The van der Waals surface area contributed by atoms with Crippen molar-refractivity contribution in [2.75, 3.05) is 6.54 Å². The van der Waals surface area contributed by atoms with Crippen molar-refractivity contribution in [2.45, 2.75) is 25.9 Å². The molecule has 5 heteroatoms. The van der Waals surface area contributed by atoms with Crippen molar-refractivity contribution >= 4 is 17.2 Å². The molecule has 0 saturated heterocycles. The fraction of sp³-hybridized carbons (Fsp3) is 0.857. The number of alkyl halides is 3. The second-order valence-electron chi connectivity index (χ2n) is 3.36. The molecule has 1 aliphatic carbocycles. The van der Waals surface area contributed by atoms with Crippen LogP contribution in [0.2, 0.25) is 0 Å². The molecule has 1 rings (SSSR count). The Kier molecular flexibility index (Phi) is 2.33. The van der Waals surface area contributed by atoms with Crippen LogP contribution < -0.4 is 5.32 Å². The smallest absolute Gasteiger partial charge is 0.371 e. The highest BCUT2D eigenvalue weighted by Gasteiger charge is 2.42. The van der Waals surface area contributed by atoms with E-state index in [1.807, 2.05) is 6.92 Å². The summed E-state index contributed by atoms with van der Waals surface area (Å²) in [5.41, 5.74) is -0.152. The molecule has 1 fully saturated rings. The minimum atomic E-state index is -4.17. The van der Waals surface area contributed by atoms with E-state index in [4.69, 9.17) is 12.2 Å². The van der Waals surface area contributed by atoms with Crippen LogP contribution in [0.5, 0.6) is 0 Å². The summed E-state index contributed by atoms with van der Waals surface area (Å²) in [5, 5.41) is 2.23. The minimum Gasteiger partial charge on any atom is -0.371 e. The van der Waals surface area contributed by atoms with Gasteiger partial charge in [-0.2, -0.15) is 13.2 Å².